The minimum absolute atomic E-state index is 0.0364. The van der Waals surface area contributed by atoms with E-state index in [1.54, 1.807) is 11.8 Å². The summed E-state index contributed by atoms with van der Waals surface area (Å²) in [6, 6.07) is -0.216. The van der Waals surface area contributed by atoms with Gasteiger partial charge >= 0.3 is 0 Å². The zero-order valence-electron chi connectivity index (χ0n) is 10.5. The lowest BCUT2D eigenvalue weighted by Gasteiger charge is -2.30. The predicted molar refractivity (Wildman–Crippen MR) is 67.8 cm³/mol. The number of nitrogens with one attached hydrogen (secondary N) is 2. The molecule has 5 heteroatoms. The summed E-state index contributed by atoms with van der Waals surface area (Å²) in [6.45, 7) is 8.27. The smallest absolute Gasteiger partial charge is 0.239 e. The highest BCUT2D eigenvalue weighted by atomic mass is 32.2. The van der Waals surface area contributed by atoms with Gasteiger partial charge in [0, 0.05) is 17.8 Å². The highest BCUT2D eigenvalue weighted by molar-refractivity contribution is 7.99. The number of thioether (sulfide) groups is 1. The van der Waals surface area contributed by atoms with Crippen molar-refractivity contribution in [2.24, 2.45) is 0 Å². The van der Waals surface area contributed by atoms with Gasteiger partial charge in [0.2, 0.25) is 5.91 Å². The number of hydrogen-bond donors (Lipinski definition) is 2. The summed E-state index contributed by atoms with van der Waals surface area (Å²) in [6.07, 6.45) is 2.00. The van der Waals surface area contributed by atoms with Gasteiger partial charge in [-0.3, -0.25) is 4.79 Å². The molecule has 1 aliphatic rings. The first-order chi connectivity index (χ1) is 7.46. The molecule has 94 valence electrons. The minimum Gasteiger partial charge on any atom is -0.375 e. The second kappa shape index (κ2) is 5.89. The number of rotatable bonds is 4. The maximum Gasteiger partial charge on any atom is 0.239 e. The summed E-state index contributed by atoms with van der Waals surface area (Å²) < 4.78 is 5.52. The molecule has 0 aromatic carbocycles. The first-order valence-corrected chi connectivity index (χ1v) is 6.86. The summed E-state index contributed by atoms with van der Waals surface area (Å²) in [5.41, 5.74) is 0. The van der Waals surface area contributed by atoms with Crippen LogP contribution in [0.3, 0.4) is 0 Å². The largest absolute Gasteiger partial charge is 0.375 e. The molecule has 0 aliphatic carbocycles. The molecule has 0 bridgehead atoms. The highest BCUT2D eigenvalue weighted by Crippen LogP contribution is 2.19. The van der Waals surface area contributed by atoms with E-state index in [9.17, 15) is 4.79 Å². The molecule has 1 fully saturated rings. The maximum atomic E-state index is 11.9. The predicted octanol–water partition coefficient (Wildman–Crippen LogP) is 0.621. The van der Waals surface area contributed by atoms with Crippen LogP contribution < -0.4 is 10.6 Å². The molecule has 1 aliphatic heterocycles. The quantitative estimate of drug-likeness (QED) is 0.763. The van der Waals surface area contributed by atoms with E-state index in [4.69, 9.17) is 4.74 Å². The average Bonchev–Trinajstić information content (AvgIpc) is 2.27. The lowest BCUT2D eigenvalue weighted by molar-refractivity contribution is -0.129. The van der Waals surface area contributed by atoms with Gasteiger partial charge in [0.15, 0.2) is 0 Å². The van der Waals surface area contributed by atoms with Crippen molar-refractivity contribution in [3.05, 3.63) is 0 Å². The summed E-state index contributed by atoms with van der Waals surface area (Å²) in [5.74, 6) is 0.0364. The van der Waals surface area contributed by atoms with Crippen LogP contribution in [-0.2, 0) is 9.53 Å². The number of ether oxygens (including phenoxy) is 1. The first kappa shape index (κ1) is 13.8. The molecule has 0 aromatic heterocycles. The fourth-order valence-electron chi connectivity index (χ4n) is 1.51. The van der Waals surface area contributed by atoms with E-state index in [-0.39, 0.29) is 22.8 Å². The van der Waals surface area contributed by atoms with Gasteiger partial charge in [-0.2, -0.15) is 11.8 Å². The topological polar surface area (TPSA) is 50.4 Å². The van der Waals surface area contributed by atoms with Crippen LogP contribution in [0.25, 0.3) is 0 Å². The molecule has 1 rings (SSSR count). The molecule has 0 spiro atoms. The van der Waals surface area contributed by atoms with Crippen molar-refractivity contribution in [3.8, 4) is 0 Å². The Labute approximate surface area is 102 Å². The Kier molecular flexibility index (Phi) is 5.08. The average molecular weight is 246 g/mol. The van der Waals surface area contributed by atoms with Crippen LogP contribution in [0.4, 0.5) is 0 Å². The normalized spacial score (nSPS) is 26.5. The summed E-state index contributed by atoms with van der Waals surface area (Å²) in [7, 11) is 0. The van der Waals surface area contributed by atoms with Crippen LogP contribution in [0.2, 0.25) is 0 Å². The van der Waals surface area contributed by atoms with Crippen molar-refractivity contribution in [1.29, 1.82) is 0 Å². The van der Waals surface area contributed by atoms with Gasteiger partial charge in [-0.25, -0.2) is 0 Å². The number of carbonyl (C=O) groups excluding carboxylic acids is 1. The van der Waals surface area contributed by atoms with Crippen molar-refractivity contribution in [1.82, 2.24) is 10.6 Å². The van der Waals surface area contributed by atoms with Crippen LogP contribution in [0, 0.1) is 0 Å². The standard InChI is InChI=1S/C11H22N2O2S/c1-8-9(12-5-6-15-8)10(14)13-7-11(2,3)16-4/h8-9,12H,5-7H2,1-4H3,(H,13,14)/t8-,9+/m1/s1. The Balaban J connectivity index is 2.39. The molecule has 0 saturated carbocycles. The fourth-order valence-corrected chi connectivity index (χ4v) is 1.73. The van der Waals surface area contributed by atoms with Gasteiger partial charge in [0.1, 0.15) is 6.04 Å². The van der Waals surface area contributed by atoms with E-state index >= 15 is 0 Å². The molecule has 0 unspecified atom stereocenters. The molecule has 4 nitrogen and oxygen atoms in total. The number of carbonyl (C=O) groups is 1. The molecule has 0 radical (unpaired) electrons. The molecule has 2 N–H and O–H groups in total. The third kappa shape index (κ3) is 3.96. The fraction of sp³-hybridized carbons (Fsp3) is 0.909. The van der Waals surface area contributed by atoms with Crippen molar-refractivity contribution in [2.45, 2.75) is 37.7 Å². The van der Waals surface area contributed by atoms with Crippen molar-refractivity contribution < 1.29 is 9.53 Å². The number of morpholine rings is 1. The summed E-state index contributed by atoms with van der Waals surface area (Å²) in [5, 5.41) is 6.15. The van der Waals surface area contributed by atoms with Crippen LogP contribution >= 0.6 is 11.8 Å². The Bertz CT molecular complexity index is 246. The Morgan fingerprint density at radius 2 is 2.31 bits per heavy atom. The Hall–Kier alpha value is -0.260. The lowest BCUT2D eigenvalue weighted by atomic mass is 10.1. The SMILES string of the molecule is CSC(C)(C)CNC(=O)[C@H]1NCCO[C@@H]1C. The third-order valence-corrected chi connectivity index (χ3v) is 4.09. The van der Waals surface area contributed by atoms with E-state index in [0.717, 1.165) is 6.54 Å². The Morgan fingerprint density at radius 1 is 1.62 bits per heavy atom. The molecule has 16 heavy (non-hydrogen) atoms. The molecule has 0 aromatic rings. The molecule has 1 amide bonds. The van der Waals surface area contributed by atoms with Crippen molar-refractivity contribution in [2.75, 3.05) is 26.0 Å². The Morgan fingerprint density at radius 3 is 2.88 bits per heavy atom. The molecule has 2 atom stereocenters. The van der Waals surface area contributed by atoms with E-state index < -0.39 is 0 Å². The van der Waals surface area contributed by atoms with Gasteiger partial charge in [0.25, 0.3) is 0 Å². The maximum absolute atomic E-state index is 11.9. The minimum atomic E-state index is -0.216. The monoisotopic (exact) mass is 246 g/mol. The number of hydrogen-bond acceptors (Lipinski definition) is 4. The second-order valence-electron chi connectivity index (χ2n) is 4.69. The van der Waals surface area contributed by atoms with Gasteiger partial charge in [-0.05, 0) is 27.0 Å². The van der Waals surface area contributed by atoms with Crippen molar-refractivity contribution >= 4 is 17.7 Å². The van der Waals surface area contributed by atoms with Gasteiger partial charge < -0.3 is 15.4 Å². The molecular weight excluding hydrogens is 224 g/mol. The van der Waals surface area contributed by atoms with Crippen LogP contribution in [0.5, 0.6) is 0 Å². The van der Waals surface area contributed by atoms with E-state index in [1.807, 2.05) is 6.92 Å². The van der Waals surface area contributed by atoms with Crippen LogP contribution in [0.1, 0.15) is 20.8 Å². The third-order valence-electron chi connectivity index (χ3n) is 2.84. The zero-order valence-corrected chi connectivity index (χ0v) is 11.3. The summed E-state index contributed by atoms with van der Waals surface area (Å²) >= 11 is 1.75. The van der Waals surface area contributed by atoms with Gasteiger partial charge in [-0.1, -0.05) is 0 Å². The summed E-state index contributed by atoms with van der Waals surface area (Å²) in [4.78, 5) is 11.9. The molecular formula is C11H22N2O2S. The van der Waals surface area contributed by atoms with Crippen LogP contribution in [0.15, 0.2) is 0 Å². The second-order valence-corrected chi connectivity index (χ2v) is 6.20. The van der Waals surface area contributed by atoms with E-state index in [1.165, 1.54) is 0 Å². The van der Waals surface area contributed by atoms with Gasteiger partial charge in [-0.15, -0.1) is 0 Å². The van der Waals surface area contributed by atoms with Crippen molar-refractivity contribution in [3.63, 3.8) is 0 Å². The molecule has 1 saturated heterocycles. The number of amides is 1. The first-order valence-electron chi connectivity index (χ1n) is 5.64. The highest BCUT2D eigenvalue weighted by Gasteiger charge is 2.29. The zero-order chi connectivity index (χ0) is 12.2. The van der Waals surface area contributed by atoms with Gasteiger partial charge in [0.05, 0.1) is 12.7 Å². The molecule has 1 heterocycles. The van der Waals surface area contributed by atoms with Crippen LogP contribution in [-0.4, -0.2) is 48.8 Å². The lowest BCUT2D eigenvalue weighted by Crippen LogP contribution is -2.56. The van der Waals surface area contributed by atoms with E-state index in [0.29, 0.717) is 13.2 Å². The van der Waals surface area contributed by atoms with E-state index in [2.05, 4.69) is 30.7 Å².